The molecule has 4 nitrogen and oxygen atoms in total. The van der Waals surface area contributed by atoms with Gasteiger partial charge in [0.15, 0.2) is 6.61 Å². The Balaban J connectivity index is 1.79. The van der Waals surface area contributed by atoms with E-state index in [0.29, 0.717) is 10.8 Å². The molecule has 0 saturated carbocycles. The maximum absolute atomic E-state index is 11.6. The van der Waals surface area contributed by atoms with Gasteiger partial charge in [-0.15, -0.1) is 0 Å². The number of ether oxygens (including phenoxy) is 1. The van der Waals surface area contributed by atoms with Crippen molar-refractivity contribution in [2.75, 3.05) is 6.61 Å². The Kier molecular flexibility index (Phi) is 5.98. The third-order valence-corrected chi connectivity index (χ3v) is 3.34. The van der Waals surface area contributed by atoms with Crippen molar-refractivity contribution in [2.45, 2.75) is 13.3 Å². The molecular weight excluding hydrogens is 300 g/mol. The first-order chi connectivity index (χ1) is 10.7. The maximum atomic E-state index is 11.6. The minimum Gasteiger partial charge on any atom is -0.484 e. The Hall–Kier alpha value is -2.33. The first-order valence-corrected chi connectivity index (χ1v) is 7.35. The van der Waals surface area contributed by atoms with Crippen LogP contribution in [0.3, 0.4) is 0 Å². The Morgan fingerprint density at radius 2 is 1.95 bits per heavy atom. The molecule has 0 atom stereocenters. The number of aryl methyl sites for hydroxylation is 1. The van der Waals surface area contributed by atoms with Crippen molar-refractivity contribution >= 4 is 23.7 Å². The normalized spacial score (nSPS) is 10.6. The summed E-state index contributed by atoms with van der Waals surface area (Å²) in [5.41, 5.74) is 4.36. The standard InChI is InChI=1S/C17H17ClN2O2/c1-2-13-7-9-15(10-8-13)22-12-17(21)20-19-11-14-5-3-4-6-16(14)18/h3-11H,2,12H2,1H3,(H,20,21)/b19-11+. The molecule has 2 aromatic rings. The Morgan fingerprint density at radius 1 is 1.23 bits per heavy atom. The van der Waals surface area contributed by atoms with E-state index in [0.717, 1.165) is 12.0 Å². The van der Waals surface area contributed by atoms with Gasteiger partial charge in [0.1, 0.15) is 5.75 Å². The van der Waals surface area contributed by atoms with Crippen molar-refractivity contribution in [2.24, 2.45) is 5.10 Å². The molecule has 5 heteroatoms. The van der Waals surface area contributed by atoms with Gasteiger partial charge in [0.05, 0.1) is 6.21 Å². The monoisotopic (exact) mass is 316 g/mol. The summed E-state index contributed by atoms with van der Waals surface area (Å²) in [5, 5.41) is 4.43. The molecule has 0 saturated heterocycles. The minimum absolute atomic E-state index is 0.0919. The number of amides is 1. The largest absolute Gasteiger partial charge is 0.484 e. The first-order valence-electron chi connectivity index (χ1n) is 6.97. The molecule has 0 heterocycles. The number of rotatable bonds is 6. The number of carbonyl (C=O) groups is 1. The van der Waals surface area contributed by atoms with Crippen LogP contribution in [-0.2, 0) is 11.2 Å². The van der Waals surface area contributed by atoms with Crippen LogP contribution in [0.25, 0.3) is 0 Å². The molecule has 1 amide bonds. The van der Waals surface area contributed by atoms with Gasteiger partial charge in [-0.1, -0.05) is 48.9 Å². The number of nitrogens with one attached hydrogen (secondary N) is 1. The highest BCUT2D eigenvalue weighted by molar-refractivity contribution is 6.33. The third-order valence-electron chi connectivity index (χ3n) is 3.00. The lowest BCUT2D eigenvalue weighted by Crippen LogP contribution is -2.24. The molecule has 0 spiro atoms. The lowest BCUT2D eigenvalue weighted by atomic mass is 10.2. The third kappa shape index (κ3) is 4.90. The van der Waals surface area contributed by atoms with Gasteiger partial charge in [0, 0.05) is 10.6 Å². The van der Waals surface area contributed by atoms with Gasteiger partial charge < -0.3 is 4.74 Å². The molecule has 0 radical (unpaired) electrons. The maximum Gasteiger partial charge on any atom is 0.277 e. The second-order valence-electron chi connectivity index (χ2n) is 4.60. The predicted octanol–water partition coefficient (Wildman–Crippen LogP) is 3.43. The lowest BCUT2D eigenvalue weighted by Gasteiger charge is -2.05. The van der Waals surface area contributed by atoms with E-state index in [2.05, 4.69) is 17.5 Å². The van der Waals surface area contributed by atoms with E-state index < -0.39 is 0 Å². The molecule has 2 aromatic carbocycles. The van der Waals surface area contributed by atoms with Crippen molar-refractivity contribution in [1.82, 2.24) is 5.43 Å². The molecule has 0 fully saturated rings. The highest BCUT2D eigenvalue weighted by atomic mass is 35.5. The van der Waals surface area contributed by atoms with E-state index in [-0.39, 0.29) is 12.5 Å². The second kappa shape index (κ2) is 8.20. The number of hydrazone groups is 1. The summed E-state index contributed by atoms with van der Waals surface area (Å²) in [4.78, 5) is 11.6. The van der Waals surface area contributed by atoms with Gasteiger partial charge in [-0.2, -0.15) is 5.10 Å². The summed E-state index contributed by atoms with van der Waals surface area (Å²) in [7, 11) is 0. The van der Waals surface area contributed by atoms with Crippen LogP contribution in [0.1, 0.15) is 18.1 Å². The molecule has 114 valence electrons. The summed E-state index contributed by atoms with van der Waals surface area (Å²) >= 11 is 5.98. The minimum atomic E-state index is -0.331. The van der Waals surface area contributed by atoms with E-state index >= 15 is 0 Å². The van der Waals surface area contributed by atoms with E-state index in [9.17, 15) is 4.79 Å². The summed E-state index contributed by atoms with van der Waals surface area (Å²) in [6.07, 6.45) is 2.47. The zero-order valence-electron chi connectivity index (χ0n) is 12.3. The summed E-state index contributed by atoms with van der Waals surface area (Å²) in [6.45, 7) is 1.99. The van der Waals surface area contributed by atoms with Crippen molar-refractivity contribution < 1.29 is 9.53 Å². The van der Waals surface area contributed by atoms with E-state index in [1.807, 2.05) is 42.5 Å². The SMILES string of the molecule is CCc1ccc(OCC(=O)N/N=C/c2ccccc2Cl)cc1. The van der Waals surface area contributed by atoms with Crippen molar-refractivity contribution in [3.8, 4) is 5.75 Å². The zero-order valence-corrected chi connectivity index (χ0v) is 13.0. The molecule has 0 aliphatic carbocycles. The van der Waals surface area contributed by atoms with Crippen LogP contribution in [0.15, 0.2) is 53.6 Å². The van der Waals surface area contributed by atoms with Crippen molar-refractivity contribution in [1.29, 1.82) is 0 Å². The number of halogens is 1. The first kappa shape index (κ1) is 16.0. The molecule has 0 unspecified atom stereocenters. The molecular formula is C17H17ClN2O2. The number of hydrogen-bond donors (Lipinski definition) is 1. The van der Waals surface area contributed by atoms with Crippen LogP contribution in [0, 0.1) is 0 Å². The molecule has 1 N–H and O–H groups in total. The fraction of sp³-hybridized carbons (Fsp3) is 0.176. The number of hydrogen-bond acceptors (Lipinski definition) is 3. The quantitative estimate of drug-likeness (QED) is 0.655. The van der Waals surface area contributed by atoms with Crippen LogP contribution in [0.2, 0.25) is 5.02 Å². The fourth-order valence-electron chi connectivity index (χ4n) is 1.76. The lowest BCUT2D eigenvalue weighted by molar-refractivity contribution is -0.123. The molecule has 0 aliphatic rings. The van der Waals surface area contributed by atoms with Crippen LogP contribution < -0.4 is 10.2 Å². The fourth-order valence-corrected chi connectivity index (χ4v) is 1.94. The van der Waals surface area contributed by atoms with Crippen LogP contribution in [0.5, 0.6) is 5.75 Å². The average Bonchev–Trinajstić information content (AvgIpc) is 2.55. The average molecular weight is 317 g/mol. The van der Waals surface area contributed by atoms with Crippen LogP contribution in [-0.4, -0.2) is 18.7 Å². The van der Waals surface area contributed by atoms with E-state index in [4.69, 9.17) is 16.3 Å². The van der Waals surface area contributed by atoms with E-state index in [1.165, 1.54) is 11.8 Å². The predicted molar refractivity (Wildman–Crippen MR) is 88.5 cm³/mol. The molecule has 0 bridgehead atoms. The Labute approximate surface area is 134 Å². The number of nitrogens with zero attached hydrogens (tertiary/aromatic N) is 1. The smallest absolute Gasteiger partial charge is 0.277 e. The molecule has 0 aliphatic heterocycles. The van der Waals surface area contributed by atoms with Gasteiger partial charge in [-0.25, -0.2) is 5.43 Å². The number of benzene rings is 2. The second-order valence-corrected chi connectivity index (χ2v) is 5.01. The van der Waals surface area contributed by atoms with E-state index in [1.54, 1.807) is 6.07 Å². The summed E-state index contributed by atoms with van der Waals surface area (Å²) in [5.74, 6) is 0.324. The van der Waals surface area contributed by atoms with Crippen LogP contribution in [0.4, 0.5) is 0 Å². The van der Waals surface area contributed by atoms with Gasteiger partial charge in [-0.3, -0.25) is 4.79 Å². The Morgan fingerprint density at radius 3 is 2.64 bits per heavy atom. The van der Waals surface area contributed by atoms with Gasteiger partial charge >= 0.3 is 0 Å². The number of carbonyl (C=O) groups excluding carboxylic acids is 1. The summed E-state index contributed by atoms with van der Waals surface area (Å²) in [6, 6.07) is 14.9. The zero-order chi connectivity index (χ0) is 15.8. The van der Waals surface area contributed by atoms with Crippen LogP contribution >= 0.6 is 11.6 Å². The molecule has 0 aromatic heterocycles. The Bertz CT molecular complexity index is 654. The topological polar surface area (TPSA) is 50.7 Å². The van der Waals surface area contributed by atoms with Gasteiger partial charge in [0.25, 0.3) is 5.91 Å². The van der Waals surface area contributed by atoms with Crippen molar-refractivity contribution in [3.63, 3.8) is 0 Å². The molecule has 22 heavy (non-hydrogen) atoms. The molecule has 2 rings (SSSR count). The highest BCUT2D eigenvalue weighted by Gasteiger charge is 2.01. The summed E-state index contributed by atoms with van der Waals surface area (Å²) < 4.78 is 5.38. The highest BCUT2D eigenvalue weighted by Crippen LogP contribution is 2.13. The van der Waals surface area contributed by atoms with Gasteiger partial charge in [-0.05, 0) is 30.2 Å². The van der Waals surface area contributed by atoms with Crippen molar-refractivity contribution in [3.05, 3.63) is 64.7 Å². The van der Waals surface area contributed by atoms with Gasteiger partial charge in [0.2, 0.25) is 0 Å².